The van der Waals surface area contributed by atoms with Gasteiger partial charge >= 0.3 is 6.03 Å². The van der Waals surface area contributed by atoms with Gasteiger partial charge in [-0.1, -0.05) is 36.4 Å². The van der Waals surface area contributed by atoms with Crippen molar-refractivity contribution in [1.29, 1.82) is 0 Å². The van der Waals surface area contributed by atoms with E-state index in [4.69, 9.17) is 16.4 Å². The van der Waals surface area contributed by atoms with Crippen molar-refractivity contribution >= 4 is 6.03 Å². The molecule has 1 aromatic heterocycles. The molecule has 5 N–H and O–H groups in total. The normalized spacial score (nSPS) is 13.8. The standard InChI is InChI=1S/C19H22N6O2/c1-14-7-5-6-10-17(25(21)19(26)22-20)16(14)13-27-18-11-12-24(23-18)15-8-3-2-4-9-15/h2-5,7-12H,6,13,20-21H2,1H3,(H,22,26). The lowest BCUT2D eigenvalue weighted by atomic mass is 10.1. The molecule has 27 heavy (non-hydrogen) atoms. The summed E-state index contributed by atoms with van der Waals surface area (Å²) in [4.78, 5) is 11.8. The van der Waals surface area contributed by atoms with Gasteiger partial charge in [-0.2, -0.15) is 0 Å². The van der Waals surface area contributed by atoms with Gasteiger partial charge in [0.1, 0.15) is 6.61 Å². The minimum atomic E-state index is -0.609. The smallest absolute Gasteiger partial charge is 0.350 e. The van der Waals surface area contributed by atoms with Crippen LogP contribution in [-0.4, -0.2) is 27.4 Å². The largest absolute Gasteiger partial charge is 0.472 e. The van der Waals surface area contributed by atoms with Crippen LogP contribution in [0.5, 0.6) is 5.88 Å². The van der Waals surface area contributed by atoms with Crippen LogP contribution in [0.15, 0.2) is 77.7 Å². The highest BCUT2D eigenvalue weighted by molar-refractivity contribution is 5.76. The predicted molar refractivity (Wildman–Crippen MR) is 102 cm³/mol. The SMILES string of the molecule is CC1=C(COc2ccn(-c3ccccc3)n2)C(N(N)C(=O)NN)=CCC=C1. The first kappa shape index (κ1) is 18.4. The molecule has 0 saturated heterocycles. The van der Waals surface area contributed by atoms with Gasteiger partial charge in [0.15, 0.2) is 0 Å². The summed E-state index contributed by atoms with van der Waals surface area (Å²) in [5.41, 5.74) is 5.25. The number of carbonyl (C=O) groups is 1. The Labute approximate surface area is 157 Å². The van der Waals surface area contributed by atoms with E-state index < -0.39 is 6.03 Å². The molecule has 8 nitrogen and oxygen atoms in total. The first-order valence-electron chi connectivity index (χ1n) is 8.46. The van der Waals surface area contributed by atoms with Gasteiger partial charge in [-0.25, -0.2) is 26.2 Å². The Morgan fingerprint density at radius 2 is 2.11 bits per heavy atom. The molecule has 0 saturated carbocycles. The fraction of sp³-hybridized carbons (Fsp3) is 0.158. The summed E-state index contributed by atoms with van der Waals surface area (Å²) >= 11 is 0. The topological polar surface area (TPSA) is 111 Å². The van der Waals surface area contributed by atoms with E-state index in [0.717, 1.165) is 21.8 Å². The molecule has 0 spiro atoms. The highest BCUT2D eigenvalue weighted by atomic mass is 16.5. The number of aromatic nitrogens is 2. The Hall–Kier alpha value is -3.36. The van der Waals surface area contributed by atoms with Crippen LogP contribution in [0, 0.1) is 0 Å². The molecule has 140 valence electrons. The highest BCUT2D eigenvalue weighted by Crippen LogP contribution is 2.23. The van der Waals surface area contributed by atoms with Crippen LogP contribution >= 0.6 is 0 Å². The molecule has 1 aliphatic carbocycles. The number of nitrogens with two attached hydrogens (primary N) is 2. The third kappa shape index (κ3) is 4.25. The number of hydrogen-bond acceptors (Lipinski definition) is 5. The van der Waals surface area contributed by atoms with Crippen LogP contribution in [0.25, 0.3) is 5.69 Å². The van der Waals surface area contributed by atoms with Gasteiger partial charge in [-0.15, -0.1) is 5.10 Å². The molecule has 0 bridgehead atoms. The number of para-hydroxylation sites is 1. The van der Waals surface area contributed by atoms with Crippen LogP contribution in [-0.2, 0) is 0 Å². The molecule has 0 atom stereocenters. The quantitative estimate of drug-likeness (QED) is 0.427. The Kier molecular flexibility index (Phi) is 5.70. The molecular weight excluding hydrogens is 344 g/mol. The number of carbonyl (C=O) groups excluding carboxylic acids is 1. The molecule has 0 radical (unpaired) electrons. The van der Waals surface area contributed by atoms with E-state index in [9.17, 15) is 4.79 Å². The maximum absolute atomic E-state index is 11.8. The van der Waals surface area contributed by atoms with Gasteiger partial charge < -0.3 is 4.74 Å². The summed E-state index contributed by atoms with van der Waals surface area (Å²) < 4.78 is 7.59. The highest BCUT2D eigenvalue weighted by Gasteiger charge is 2.20. The Balaban J connectivity index is 1.77. The molecule has 3 rings (SSSR count). The fourth-order valence-electron chi connectivity index (χ4n) is 2.72. The average Bonchev–Trinajstić information content (AvgIpc) is 3.10. The maximum atomic E-state index is 11.8. The second kappa shape index (κ2) is 8.35. The number of ether oxygens (including phenoxy) is 1. The van der Waals surface area contributed by atoms with Gasteiger partial charge in [-0.3, -0.25) is 5.43 Å². The van der Waals surface area contributed by atoms with E-state index in [-0.39, 0.29) is 6.61 Å². The molecule has 1 aromatic carbocycles. The van der Waals surface area contributed by atoms with Crippen molar-refractivity contribution in [3.05, 3.63) is 77.7 Å². The number of hydrogen-bond donors (Lipinski definition) is 3. The molecule has 0 aliphatic heterocycles. The zero-order valence-electron chi connectivity index (χ0n) is 15.0. The minimum absolute atomic E-state index is 0.208. The van der Waals surface area contributed by atoms with Gasteiger partial charge in [0.25, 0.3) is 0 Å². The van der Waals surface area contributed by atoms with E-state index in [2.05, 4.69) is 5.10 Å². The molecular formula is C19H22N6O2. The minimum Gasteiger partial charge on any atom is -0.472 e. The lowest BCUT2D eigenvalue weighted by molar-refractivity contribution is 0.211. The molecule has 1 heterocycles. The molecule has 2 aromatic rings. The third-order valence-electron chi connectivity index (χ3n) is 4.15. The van der Waals surface area contributed by atoms with Crippen molar-refractivity contribution in [2.75, 3.05) is 6.61 Å². The average molecular weight is 366 g/mol. The van der Waals surface area contributed by atoms with E-state index >= 15 is 0 Å². The van der Waals surface area contributed by atoms with Crippen molar-refractivity contribution in [1.82, 2.24) is 20.2 Å². The van der Waals surface area contributed by atoms with Crippen LogP contribution in [0.4, 0.5) is 4.79 Å². The maximum Gasteiger partial charge on any atom is 0.350 e. The summed E-state index contributed by atoms with van der Waals surface area (Å²) in [5.74, 6) is 11.6. The van der Waals surface area contributed by atoms with Gasteiger partial charge in [0.2, 0.25) is 5.88 Å². The van der Waals surface area contributed by atoms with Gasteiger partial charge in [-0.05, 0) is 31.1 Å². The molecule has 2 amide bonds. The first-order chi connectivity index (χ1) is 13.1. The third-order valence-corrected chi connectivity index (χ3v) is 4.15. The van der Waals surface area contributed by atoms with Crippen molar-refractivity contribution in [3.63, 3.8) is 0 Å². The van der Waals surface area contributed by atoms with Crippen LogP contribution in [0.3, 0.4) is 0 Å². The van der Waals surface area contributed by atoms with Crippen molar-refractivity contribution in [3.8, 4) is 11.6 Å². The lowest BCUT2D eigenvalue weighted by Crippen LogP contribution is -2.47. The predicted octanol–water partition coefficient (Wildman–Crippen LogP) is 2.17. The van der Waals surface area contributed by atoms with Crippen molar-refractivity contribution < 1.29 is 9.53 Å². The van der Waals surface area contributed by atoms with Gasteiger partial charge in [0.05, 0.1) is 11.4 Å². The number of allylic oxidation sites excluding steroid dienone is 4. The number of nitrogens with one attached hydrogen (secondary N) is 1. The van der Waals surface area contributed by atoms with Gasteiger partial charge in [0, 0.05) is 17.8 Å². The Bertz CT molecular complexity index is 898. The zero-order valence-corrected chi connectivity index (χ0v) is 15.0. The van der Waals surface area contributed by atoms with Crippen molar-refractivity contribution in [2.24, 2.45) is 11.7 Å². The first-order valence-corrected chi connectivity index (χ1v) is 8.46. The number of benzene rings is 1. The summed E-state index contributed by atoms with van der Waals surface area (Å²) in [6, 6.07) is 10.9. The van der Waals surface area contributed by atoms with Crippen molar-refractivity contribution in [2.45, 2.75) is 13.3 Å². The number of amides is 2. The second-order valence-electron chi connectivity index (χ2n) is 5.93. The Morgan fingerprint density at radius 3 is 2.85 bits per heavy atom. The summed E-state index contributed by atoms with van der Waals surface area (Å²) in [5, 5.41) is 5.41. The molecule has 1 aliphatic rings. The fourth-order valence-corrected chi connectivity index (χ4v) is 2.72. The number of nitrogens with zero attached hydrogens (tertiary/aromatic N) is 3. The van der Waals surface area contributed by atoms with Crippen LogP contribution < -0.4 is 21.8 Å². The van der Waals surface area contributed by atoms with E-state index in [1.807, 2.05) is 67.1 Å². The number of hydrazine groups is 2. The summed E-state index contributed by atoms with van der Waals surface area (Å²) in [7, 11) is 0. The number of urea groups is 1. The monoisotopic (exact) mass is 366 g/mol. The molecule has 0 unspecified atom stereocenters. The van der Waals surface area contributed by atoms with E-state index in [1.165, 1.54) is 0 Å². The van der Waals surface area contributed by atoms with E-state index in [0.29, 0.717) is 18.0 Å². The zero-order chi connectivity index (χ0) is 19.2. The molecule has 0 fully saturated rings. The number of rotatable bonds is 5. The van der Waals surface area contributed by atoms with E-state index in [1.54, 1.807) is 10.7 Å². The lowest BCUT2D eigenvalue weighted by Gasteiger charge is -2.22. The second-order valence-corrected chi connectivity index (χ2v) is 5.93. The van der Waals surface area contributed by atoms with Crippen LogP contribution in [0.1, 0.15) is 13.3 Å². The van der Waals surface area contributed by atoms with Crippen LogP contribution in [0.2, 0.25) is 0 Å². The summed E-state index contributed by atoms with van der Waals surface area (Å²) in [6.07, 6.45) is 8.28. The Morgan fingerprint density at radius 1 is 1.33 bits per heavy atom. The molecule has 8 heteroatoms. The summed E-state index contributed by atoms with van der Waals surface area (Å²) in [6.45, 7) is 2.14.